The van der Waals surface area contributed by atoms with Gasteiger partial charge in [-0.2, -0.15) is 0 Å². The Balaban J connectivity index is 0.000000300. The molecule has 2 aliphatic rings. The van der Waals surface area contributed by atoms with Gasteiger partial charge >= 0.3 is 143 Å². The number of carbonyl (C=O) groups is 2. The molecular weight excluding hydrogens is 1190 g/mol. The largest absolute Gasteiger partial charge is 0.395 e. The van der Waals surface area contributed by atoms with Crippen LogP contribution in [0.25, 0.3) is 11.5 Å². The van der Waals surface area contributed by atoms with E-state index in [0.717, 1.165) is 85.0 Å². The molecule has 0 spiro atoms. The summed E-state index contributed by atoms with van der Waals surface area (Å²) < 4.78 is 6.02. The second-order valence-electron chi connectivity index (χ2n) is 26.3. The summed E-state index contributed by atoms with van der Waals surface area (Å²) >= 11 is 3.64. The number of unbranched alkanes of at least 4 members (excludes halogenated alkanes) is 3. The minimum Gasteiger partial charge on any atom is -0.395 e. The molecule has 5 aromatic rings. The van der Waals surface area contributed by atoms with Crippen LogP contribution >= 0.6 is 11.6 Å². The van der Waals surface area contributed by atoms with Crippen molar-refractivity contribution in [2.45, 2.75) is 166 Å². The van der Waals surface area contributed by atoms with Crippen molar-refractivity contribution in [2.75, 3.05) is 121 Å². The average molecular weight is 1300 g/mol. The van der Waals surface area contributed by atoms with Gasteiger partial charge in [0.05, 0.1) is 25.4 Å². The zero-order chi connectivity index (χ0) is 63.5. The van der Waals surface area contributed by atoms with E-state index in [1.54, 1.807) is 18.6 Å². The topological polar surface area (TPSA) is 164 Å². The molecule has 85 heavy (non-hydrogen) atoms. The molecule has 18 heteroatoms. The van der Waals surface area contributed by atoms with Crippen molar-refractivity contribution >= 4 is 74.0 Å². The monoisotopic (exact) mass is 1300 g/mol. The number of hydrogen-bond acceptors (Lipinski definition) is 16. The van der Waals surface area contributed by atoms with Crippen LogP contribution in [0.5, 0.6) is 0 Å². The maximum Gasteiger partial charge on any atom is 0.224 e. The number of halogens is 1. The summed E-state index contributed by atoms with van der Waals surface area (Å²) in [6.45, 7) is 21.3. The molecule has 1 N–H and O–H groups in total. The van der Waals surface area contributed by atoms with Gasteiger partial charge in [-0.3, -0.25) is 19.6 Å². The van der Waals surface area contributed by atoms with Crippen molar-refractivity contribution in [3.63, 3.8) is 0 Å². The van der Waals surface area contributed by atoms with Gasteiger partial charge in [0.15, 0.2) is 17.4 Å². The molecule has 2 aliphatic carbocycles. The number of Topliss-reactive ketones (excluding diaryl/α,β-unsaturated/α-hetero) is 2. The third kappa shape index (κ3) is 26.5. The number of rotatable bonds is 24. The molecule has 0 aromatic carbocycles. The van der Waals surface area contributed by atoms with Crippen molar-refractivity contribution in [2.24, 2.45) is 10.8 Å². The average Bonchev–Trinajstić information content (AvgIpc) is 4.29. The van der Waals surface area contributed by atoms with Crippen LogP contribution in [-0.2, 0) is 35.3 Å². The molecule has 5 aromatic heterocycles. The molecule has 0 unspecified atom stereocenters. The van der Waals surface area contributed by atoms with Crippen molar-refractivity contribution in [1.29, 1.82) is 0 Å². The summed E-state index contributed by atoms with van der Waals surface area (Å²) in [4.78, 5) is 68.3. The van der Waals surface area contributed by atoms with Gasteiger partial charge in [-0.25, -0.2) is 19.9 Å². The molecule has 7 rings (SSSR count). The Morgan fingerprint density at radius 2 is 1.00 bits per heavy atom. The Bertz CT molecular complexity index is 2740. The van der Waals surface area contributed by atoms with Crippen LogP contribution in [0.1, 0.15) is 149 Å². The Morgan fingerprint density at radius 3 is 1.41 bits per heavy atom. The van der Waals surface area contributed by atoms with Gasteiger partial charge in [0, 0.05) is 108 Å². The summed E-state index contributed by atoms with van der Waals surface area (Å²) in [7, 11) is 20.0. The maximum atomic E-state index is 12.5. The zero-order valence-electron chi connectivity index (χ0n) is 56.1. The van der Waals surface area contributed by atoms with Crippen molar-refractivity contribution in [3.05, 3.63) is 89.0 Å². The number of hydrogen-bond donors (Lipinski definition) is 1. The predicted molar refractivity (Wildman–Crippen MR) is 363 cm³/mol. The molecule has 0 saturated heterocycles. The number of likely N-dealkylation sites (N-methyl/N-ethyl adjacent to an activating group) is 3. The van der Waals surface area contributed by atoms with Gasteiger partial charge < -0.3 is 29.6 Å². The number of pyridine rings is 3. The molecule has 0 radical (unpaired) electrons. The van der Waals surface area contributed by atoms with Crippen molar-refractivity contribution in [1.82, 2.24) is 39.8 Å². The standard InChI is InChI=1S/C22H31N5O.C15H22ClN3O.C7H10N2.C7H9N2.C4H11NO.3C4H9.Sn/c1-22(2,3)13-16(28)14-27(6)21-17-8-7-9-18(17)24-20(25-21)19-12-15(26(4)5)10-11-23-19;1-15(2,3)8-10(20)9-19(4)13-11-6-5-7-12(11)17-14(16)18-13;2*1-9(2)7-3-5-8-6-4-7;1-5(2)3-4-6;3*1-3-4-2;/h10-12H,7-9,13-14H2,1-6H3;5-9H2,1-4H3;3-6H,1-2H3;3-5H,1-2H3;6H,3-4H2,1-2H3;3*1,3-4H2,2H3;. The number of nitrogens with zero attached hydrogens (tertiary/aromatic N) is 13. The number of fused-ring (bicyclic) bond motifs is 2. The maximum absolute atomic E-state index is 12.5. The fourth-order valence-electron chi connectivity index (χ4n) is 10.5. The molecule has 0 saturated carbocycles. The van der Waals surface area contributed by atoms with E-state index in [2.05, 4.69) is 120 Å². The first-order chi connectivity index (χ1) is 40.1. The number of ketones is 2. The Labute approximate surface area is 523 Å². The molecule has 5 heterocycles. The third-order valence-corrected chi connectivity index (χ3v) is 30.1. The van der Waals surface area contributed by atoms with E-state index >= 15 is 0 Å². The summed E-state index contributed by atoms with van der Waals surface area (Å²) in [5.41, 5.74) is 8.80. The van der Waals surface area contributed by atoms with Crippen LogP contribution in [-0.4, -0.2) is 172 Å². The number of carbonyl (C=O) groups excluding carboxylic acids is 2. The SMILES string of the molecule is CCC[CH2][Sn]([CH2]CCC)([CH2]CCC)[c]1cc(N(C)C)ccn1.CN(C)CCO.CN(C)c1ccnc(-c2nc3c(c(N(C)CC(=O)CC(C)(C)C)n2)CCC3)c1.CN(C)c1ccncc1.CN(CC(=O)CC(C)(C)C)c1nc(Cl)nc2c1CCC2. The molecule has 472 valence electrons. The molecule has 0 atom stereocenters. The van der Waals surface area contributed by atoms with E-state index in [0.29, 0.717) is 31.8 Å². The van der Waals surface area contributed by atoms with E-state index in [1.165, 1.54) is 72.5 Å². The van der Waals surface area contributed by atoms with Crippen LogP contribution in [0.15, 0.2) is 61.2 Å². The van der Waals surface area contributed by atoms with Crippen LogP contribution in [0, 0.1) is 10.8 Å². The van der Waals surface area contributed by atoms with Crippen molar-refractivity contribution in [3.8, 4) is 11.5 Å². The first-order valence-corrected chi connectivity index (χ1v) is 38.9. The second kappa shape index (κ2) is 37.0. The summed E-state index contributed by atoms with van der Waals surface area (Å²) in [6.07, 6.45) is 22.7. The van der Waals surface area contributed by atoms with Crippen molar-refractivity contribution < 1.29 is 14.7 Å². The van der Waals surface area contributed by atoms with Gasteiger partial charge in [-0.15, -0.1) is 0 Å². The number of aliphatic hydroxyl groups excluding tert-OH is 1. The third-order valence-electron chi connectivity index (χ3n) is 14.8. The quantitative estimate of drug-likeness (QED) is 0.0458. The smallest absolute Gasteiger partial charge is 0.224 e. The van der Waals surface area contributed by atoms with E-state index < -0.39 is 18.4 Å². The fraction of sp³-hybridized carbons (Fsp3) is 0.627. The first kappa shape index (κ1) is 74.2. The number of aryl methyl sites for hydroxylation is 2. The van der Waals surface area contributed by atoms with Gasteiger partial charge in [0.2, 0.25) is 5.28 Å². The number of anilines is 5. The normalized spacial score (nSPS) is 12.4. The Hall–Kier alpha value is -5.04. The first-order valence-electron chi connectivity index (χ1n) is 31.1. The van der Waals surface area contributed by atoms with Gasteiger partial charge in [0.25, 0.3) is 0 Å². The summed E-state index contributed by atoms with van der Waals surface area (Å²) in [5.74, 6) is 2.78. The van der Waals surface area contributed by atoms with E-state index in [-0.39, 0.29) is 34.3 Å². The minimum absolute atomic E-state index is 0.00670. The summed E-state index contributed by atoms with van der Waals surface area (Å²) in [6, 6.07) is 12.5. The second-order valence-corrected chi connectivity index (χ2v) is 39.7. The molecular formula is C67H110ClN13O3Sn. The number of aliphatic hydroxyl groups is 1. The van der Waals surface area contributed by atoms with Crippen LogP contribution < -0.4 is 28.2 Å². The molecule has 0 amide bonds. The molecule has 0 aliphatic heterocycles. The van der Waals surface area contributed by atoms with Gasteiger partial charge in [-0.05, 0) is 99.3 Å². The van der Waals surface area contributed by atoms with Gasteiger partial charge in [-0.1, -0.05) is 41.5 Å². The van der Waals surface area contributed by atoms with E-state index in [1.807, 2.05) is 105 Å². The van der Waals surface area contributed by atoms with Crippen LogP contribution in [0.4, 0.5) is 28.7 Å². The predicted octanol–water partition coefficient (Wildman–Crippen LogP) is 12.5. The van der Waals surface area contributed by atoms with Gasteiger partial charge in [0.1, 0.15) is 17.3 Å². The van der Waals surface area contributed by atoms with Crippen LogP contribution in [0.3, 0.4) is 0 Å². The molecule has 0 bridgehead atoms. The number of aromatic nitrogens is 7. The van der Waals surface area contributed by atoms with E-state index in [4.69, 9.17) is 31.7 Å². The van der Waals surface area contributed by atoms with Crippen LogP contribution in [0.2, 0.25) is 18.6 Å². The summed E-state index contributed by atoms with van der Waals surface area (Å²) in [5, 5.41) is 8.47. The molecule has 0 fully saturated rings. The fourth-order valence-corrected chi connectivity index (χ4v) is 26.1. The van der Waals surface area contributed by atoms with E-state index in [9.17, 15) is 9.59 Å². The zero-order valence-corrected chi connectivity index (χ0v) is 59.7. The Morgan fingerprint density at radius 1 is 0.565 bits per heavy atom. The molecule has 16 nitrogen and oxygen atoms in total. The minimum atomic E-state index is -2.34. The Kier molecular flexibility index (Phi) is 32.3.